The highest BCUT2D eigenvalue weighted by Gasteiger charge is 2.19. The molecule has 4 heteroatoms. The summed E-state index contributed by atoms with van der Waals surface area (Å²) in [5.74, 6) is 0.299. The van der Waals surface area contributed by atoms with Gasteiger partial charge in [0.2, 0.25) is 0 Å². The standard InChI is InChI=1S/C6H12N2O2/c7-5-2-1-4(9)3-6(5)8-10/h3,5-6,8-10H,1-2,7H2. The number of aliphatic hydroxyl groups excluding tert-OH is 1. The van der Waals surface area contributed by atoms with Crippen molar-refractivity contribution in [3.05, 3.63) is 11.8 Å². The van der Waals surface area contributed by atoms with E-state index in [0.29, 0.717) is 18.6 Å². The molecule has 0 bridgehead atoms. The Morgan fingerprint density at radius 2 is 2.40 bits per heavy atom. The lowest BCUT2D eigenvalue weighted by atomic mass is 9.97. The van der Waals surface area contributed by atoms with Crippen LogP contribution in [-0.4, -0.2) is 22.4 Å². The van der Waals surface area contributed by atoms with Gasteiger partial charge in [-0.3, -0.25) is 0 Å². The molecule has 0 heterocycles. The van der Waals surface area contributed by atoms with Crippen LogP contribution in [0.4, 0.5) is 0 Å². The van der Waals surface area contributed by atoms with Gasteiger partial charge in [0.15, 0.2) is 0 Å². The highest BCUT2D eigenvalue weighted by atomic mass is 16.5. The average Bonchev–Trinajstić information content (AvgIpc) is 1.94. The number of aliphatic hydroxyl groups is 1. The van der Waals surface area contributed by atoms with Crippen molar-refractivity contribution in [3.63, 3.8) is 0 Å². The lowest BCUT2D eigenvalue weighted by Gasteiger charge is -2.23. The quantitative estimate of drug-likeness (QED) is 0.387. The average molecular weight is 144 g/mol. The van der Waals surface area contributed by atoms with Gasteiger partial charge in [0.05, 0.1) is 11.8 Å². The van der Waals surface area contributed by atoms with E-state index in [1.54, 1.807) is 0 Å². The summed E-state index contributed by atoms with van der Waals surface area (Å²) in [4.78, 5) is 0. The summed E-state index contributed by atoms with van der Waals surface area (Å²) < 4.78 is 0. The molecule has 0 fully saturated rings. The maximum Gasteiger partial charge on any atom is 0.0900 e. The van der Waals surface area contributed by atoms with Crippen LogP contribution in [0.3, 0.4) is 0 Å². The molecule has 0 aromatic carbocycles. The van der Waals surface area contributed by atoms with E-state index in [4.69, 9.17) is 16.0 Å². The normalized spacial score (nSPS) is 33.6. The Morgan fingerprint density at radius 1 is 1.70 bits per heavy atom. The highest BCUT2D eigenvalue weighted by molar-refractivity contribution is 5.07. The van der Waals surface area contributed by atoms with Crippen molar-refractivity contribution in [2.75, 3.05) is 0 Å². The Labute approximate surface area is 59.3 Å². The van der Waals surface area contributed by atoms with Crippen molar-refractivity contribution in [2.24, 2.45) is 5.73 Å². The number of hydrogen-bond acceptors (Lipinski definition) is 4. The molecule has 2 atom stereocenters. The van der Waals surface area contributed by atoms with E-state index in [9.17, 15) is 0 Å². The summed E-state index contributed by atoms with van der Waals surface area (Å²) in [5.41, 5.74) is 7.60. The summed E-state index contributed by atoms with van der Waals surface area (Å²) in [7, 11) is 0. The Bertz CT molecular complexity index is 147. The molecule has 1 aliphatic carbocycles. The largest absolute Gasteiger partial charge is 0.513 e. The monoisotopic (exact) mass is 144 g/mol. The maximum absolute atomic E-state index is 8.98. The molecule has 1 rings (SSSR count). The van der Waals surface area contributed by atoms with Gasteiger partial charge in [0.1, 0.15) is 0 Å². The molecule has 0 saturated heterocycles. The number of nitrogens with two attached hydrogens (primary N) is 1. The molecule has 0 spiro atoms. The zero-order valence-corrected chi connectivity index (χ0v) is 5.62. The molecule has 0 saturated carbocycles. The second-order valence-corrected chi connectivity index (χ2v) is 2.52. The van der Waals surface area contributed by atoms with Crippen molar-refractivity contribution in [1.29, 1.82) is 0 Å². The van der Waals surface area contributed by atoms with Crippen LogP contribution in [0, 0.1) is 0 Å². The van der Waals surface area contributed by atoms with Gasteiger partial charge in [-0.25, -0.2) is 0 Å². The molecule has 10 heavy (non-hydrogen) atoms. The number of rotatable bonds is 1. The van der Waals surface area contributed by atoms with Crippen LogP contribution in [0.25, 0.3) is 0 Å². The third-order valence-corrected chi connectivity index (χ3v) is 1.72. The Hall–Kier alpha value is -0.580. The first-order valence-corrected chi connectivity index (χ1v) is 3.29. The third-order valence-electron chi connectivity index (χ3n) is 1.72. The fourth-order valence-corrected chi connectivity index (χ4v) is 1.04. The van der Waals surface area contributed by atoms with Crippen LogP contribution >= 0.6 is 0 Å². The summed E-state index contributed by atoms with van der Waals surface area (Å²) >= 11 is 0. The van der Waals surface area contributed by atoms with Gasteiger partial charge < -0.3 is 16.0 Å². The van der Waals surface area contributed by atoms with E-state index < -0.39 is 0 Å². The van der Waals surface area contributed by atoms with E-state index in [0.717, 1.165) is 0 Å². The zero-order chi connectivity index (χ0) is 7.56. The van der Waals surface area contributed by atoms with Crippen LogP contribution < -0.4 is 11.2 Å². The smallest absolute Gasteiger partial charge is 0.0900 e. The molecular weight excluding hydrogens is 132 g/mol. The molecule has 0 aliphatic heterocycles. The van der Waals surface area contributed by atoms with Gasteiger partial charge in [-0.15, -0.1) is 0 Å². The Morgan fingerprint density at radius 3 is 2.90 bits per heavy atom. The van der Waals surface area contributed by atoms with E-state index >= 15 is 0 Å². The fourth-order valence-electron chi connectivity index (χ4n) is 1.04. The van der Waals surface area contributed by atoms with Crippen molar-refractivity contribution >= 4 is 0 Å². The van der Waals surface area contributed by atoms with E-state index in [2.05, 4.69) is 0 Å². The first-order valence-electron chi connectivity index (χ1n) is 3.29. The number of hydrogen-bond donors (Lipinski definition) is 4. The minimum atomic E-state index is -0.297. The van der Waals surface area contributed by atoms with Gasteiger partial charge >= 0.3 is 0 Å². The van der Waals surface area contributed by atoms with Gasteiger partial charge in [-0.2, -0.15) is 5.48 Å². The van der Waals surface area contributed by atoms with Crippen molar-refractivity contribution in [3.8, 4) is 0 Å². The summed E-state index contributed by atoms with van der Waals surface area (Å²) in [6.07, 6.45) is 2.86. The van der Waals surface area contributed by atoms with Crippen LogP contribution in [0.1, 0.15) is 12.8 Å². The molecule has 0 amide bonds. The second kappa shape index (κ2) is 3.01. The van der Waals surface area contributed by atoms with Crippen LogP contribution in [0.5, 0.6) is 0 Å². The molecule has 2 unspecified atom stereocenters. The summed E-state index contributed by atoms with van der Waals surface area (Å²) in [6.45, 7) is 0. The topological polar surface area (TPSA) is 78.5 Å². The van der Waals surface area contributed by atoms with Crippen molar-refractivity contribution < 1.29 is 10.3 Å². The molecule has 1 aliphatic rings. The van der Waals surface area contributed by atoms with Crippen LogP contribution in [0.2, 0.25) is 0 Å². The summed E-state index contributed by atoms with van der Waals surface area (Å²) in [6, 6.07) is -0.394. The lowest BCUT2D eigenvalue weighted by Crippen LogP contribution is -2.44. The third kappa shape index (κ3) is 1.47. The first-order chi connectivity index (χ1) is 4.74. The van der Waals surface area contributed by atoms with E-state index in [1.807, 2.05) is 5.48 Å². The molecule has 0 aromatic rings. The molecule has 5 N–H and O–H groups in total. The SMILES string of the molecule is NC1CCC(O)=CC1NO. The van der Waals surface area contributed by atoms with Crippen molar-refractivity contribution in [2.45, 2.75) is 24.9 Å². The minimum Gasteiger partial charge on any atom is -0.513 e. The number of allylic oxidation sites excluding steroid dienone is 1. The predicted molar refractivity (Wildman–Crippen MR) is 36.6 cm³/mol. The Kier molecular flexibility index (Phi) is 2.26. The summed E-state index contributed by atoms with van der Waals surface area (Å²) in [5, 5.41) is 17.5. The zero-order valence-electron chi connectivity index (χ0n) is 5.62. The number of nitrogens with one attached hydrogen (secondary N) is 1. The predicted octanol–water partition coefficient (Wildman–Crippen LogP) is -0.103. The maximum atomic E-state index is 8.98. The lowest BCUT2D eigenvalue weighted by molar-refractivity contribution is 0.124. The molecule has 4 nitrogen and oxygen atoms in total. The van der Waals surface area contributed by atoms with Crippen molar-refractivity contribution in [1.82, 2.24) is 5.48 Å². The van der Waals surface area contributed by atoms with Gasteiger partial charge in [0.25, 0.3) is 0 Å². The van der Waals surface area contributed by atoms with Crippen LogP contribution in [0.15, 0.2) is 11.8 Å². The van der Waals surface area contributed by atoms with Gasteiger partial charge in [-0.1, -0.05) is 0 Å². The highest BCUT2D eigenvalue weighted by Crippen LogP contribution is 2.14. The minimum absolute atomic E-state index is 0.0964. The van der Waals surface area contributed by atoms with Crippen LogP contribution in [-0.2, 0) is 0 Å². The molecular formula is C6H12N2O2. The molecule has 0 aromatic heterocycles. The van der Waals surface area contributed by atoms with Gasteiger partial charge in [-0.05, 0) is 12.5 Å². The first kappa shape index (κ1) is 7.53. The molecule has 58 valence electrons. The number of hydroxylamine groups is 1. The van der Waals surface area contributed by atoms with E-state index in [1.165, 1.54) is 6.08 Å². The Balaban J connectivity index is 2.59. The van der Waals surface area contributed by atoms with Gasteiger partial charge in [0, 0.05) is 12.5 Å². The fraction of sp³-hybridized carbons (Fsp3) is 0.667. The molecule has 0 radical (unpaired) electrons. The van der Waals surface area contributed by atoms with E-state index in [-0.39, 0.29) is 12.1 Å². The second-order valence-electron chi connectivity index (χ2n) is 2.52.